The van der Waals surface area contributed by atoms with E-state index in [-0.39, 0.29) is 5.95 Å². The molecule has 2 N–H and O–H groups in total. The van der Waals surface area contributed by atoms with Crippen LogP contribution in [0.4, 0.5) is 11.8 Å². The third kappa shape index (κ3) is 2.20. The Labute approximate surface area is 105 Å². The number of hydrogen-bond acceptors (Lipinski definition) is 5. The van der Waals surface area contributed by atoms with E-state index < -0.39 is 0 Å². The van der Waals surface area contributed by atoms with Gasteiger partial charge in [-0.05, 0) is 6.92 Å². The smallest absolute Gasteiger partial charge is 0.222 e. The molecule has 2 atom stereocenters. The number of rotatable bonds is 1. The minimum absolute atomic E-state index is 0.275. The van der Waals surface area contributed by atoms with Crippen molar-refractivity contribution in [2.24, 2.45) is 0 Å². The molecule has 2 rings (SSSR count). The van der Waals surface area contributed by atoms with Gasteiger partial charge in [-0.3, -0.25) is 0 Å². The lowest BCUT2D eigenvalue weighted by molar-refractivity contribution is 0.620. The molecule has 6 heteroatoms. The summed E-state index contributed by atoms with van der Waals surface area (Å²) in [6, 6.07) is 0.408. The first-order chi connectivity index (χ1) is 7.59. The molecule has 2 unspecified atom stereocenters. The summed E-state index contributed by atoms with van der Waals surface area (Å²) in [4.78, 5) is 10.3. The lowest BCUT2D eigenvalue weighted by Gasteiger charge is -2.38. The molecule has 0 bridgehead atoms. The van der Waals surface area contributed by atoms with E-state index in [1.54, 1.807) is 6.20 Å². The summed E-state index contributed by atoms with van der Waals surface area (Å²) in [7, 11) is 0. The molecule has 0 aliphatic carbocycles. The highest BCUT2D eigenvalue weighted by Gasteiger charge is 2.27. The van der Waals surface area contributed by atoms with E-state index in [4.69, 9.17) is 17.3 Å². The first kappa shape index (κ1) is 11.8. The summed E-state index contributed by atoms with van der Waals surface area (Å²) in [6.07, 6.45) is 1.57. The molecule has 1 fully saturated rings. The molecule has 0 aromatic carbocycles. The average Bonchev–Trinajstić information content (AvgIpc) is 2.26. The summed E-state index contributed by atoms with van der Waals surface area (Å²) in [5.74, 6) is 2.12. The highest BCUT2D eigenvalue weighted by atomic mass is 35.5. The highest BCUT2D eigenvalue weighted by Crippen LogP contribution is 2.31. The van der Waals surface area contributed by atoms with Crippen LogP contribution in [0.1, 0.15) is 13.8 Å². The van der Waals surface area contributed by atoms with Crippen LogP contribution in [0, 0.1) is 0 Å². The zero-order chi connectivity index (χ0) is 11.7. The number of halogens is 1. The van der Waals surface area contributed by atoms with Gasteiger partial charge in [-0.15, -0.1) is 0 Å². The van der Waals surface area contributed by atoms with Crippen LogP contribution in [-0.2, 0) is 0 Å². The molecule has 16 heavy (non-hydrogen) atoms. The second-order valence-corrected chi connectivity index (χ2v) is 5.80. The van der Waals surface area contributed by atoms with Crippen molar-refractivity contribution in [2.45, 2.75) is 25.1 Å². The maximum Gasteiger partial charge on any atom is 0.222 e. The van der Waals surface area contributed by atoms with E-state index in [0.717, 1.165) is 18.1 Å². The molecule has 1 aliphatic rings. The van der Waals surface area contributed by atoms with Crippen LogP contribution in [0.2, 0.25) is 5.02 Å². The molecule has 0 spiro atoms. The maximum atomic E-state index is 6.11. The Hall–Kier alpha value is -0.680. The number of nitrogens with zero attached hydrogens (tertiary/aromatic N) is 3. The standard InChI is InChI=1S/C10H15ClN4S/c1-6-7(2)16-4-3-15(6)9-8(11)5-13-10(12)14-9/h5-7H,3-4H2,1-2H3,(H2,12,13,14). The maximum absolute atomic E-state index is 6.11. The number of nitrogen functional groups attached to an aromatic ring is 1. The molecule has 0 amide bonds. The zero-order valence-electron chi connectivity index (χ0n) is 9.35. The zero-order valence-corrected chi connectivity index (χ0v) is 10.9. The number of nitrogens with two attached hydrogens (primary N) is 1. The van der Waals surface area contributed by atoms with Crippen LogP contribution >= 0.6 is 23.4 Å². The average molecular weight is 259 g/mol. The number of hydrogen-bond donors (Lipinski definition) is 1. The number of anilines is 2. The molecule has 4 nitrogen and oxygen atoms in total. The molecule has 0 radical (unpaired) electrons. The van der Waals surface area contributed by atoms with Gasteiger partial charge in [0.2, 0.25) is 5.95 Å². The Bertz CT molecular complexity index is 387. The number of thioether (sulfide) groups is 1. The predicted molar refractivity (Wildman–Crippen MR) is 70.2 cm³/mol. The quantitative estimate of drug-likeness (QED) is 0.836. The van der Waals surface area contributed by atoms with Gasteiger partial charge in [0.05, 0.1) is 6.20 Å². The van der Waals surface area contributed by atoms with E-state index >= 15 is 0 Å². The van der Waals surface area contributed by atoms with Gasteiger partial charge in [0.25, 0.3) is 0 Å². The van der Waals surface area contributed by atoms with Gasteiger partial charge >= 0.3 is 0 Å². The largest absolute Gasteiger partial charge is 0.368 e. The molecule has 1 aliphatic heterocycles. The van der Waals surface area contributed by atoms with Gasteiger partial charge in [-0.2, -0.15) is 16.7 Å². The van der Waals surface area contributed by atoms with Crippen LogP contribution in [-0.4, -0.2) is 33.6 Å². The fraction of sp³-hybridized carbons (Fsp3) is 0.600. The van der Waals surface area contributed by atoms with Crippen molar-refractivity contribution in [3.8, 4) is 0 Å². The summed E-state index contributed by atoms with van der Waals surface area (Å²) >= 11 is 8.09. The fourth-order valence-electron chi connectivity index (χ4n) is 1.80. The Morgan fingerprint density at radius 2 is 2.31 bits per heavy atom. The summed E-state index contributed by atoms with van der Waals surface area (Å²) in [6.45, 7) is 5.36. The second-order valence-electron chi connectivity index (χ2n) is 3.91. The van der Waals surface area contributed by atoms with Gasteiger partial charge in [0.1, 0.15) is 5.02 Å². The molecule has 2 heterocycles. The van der Waals surface area contributed by atoms with E-state index in [9.17, 15) is 0 Å². The van der Waals surface area contributed by atoms with E-state index in [2.05, 4.69) is 28.7 Å². The van der Waals surface area contributed by atoms with Crippen LogP contribution in [0.25, 0.3) is 0 Å². The number of aromatic nitrogens is 2. The fourth-order valence-corrected chi connectivity index (χ4v) is 3.10. The van der Waals surface area contributed by atoms with Gasteiger partial charge in [0, 0.05) is 23.6 Å². The minimum atomic E-state index is 0.275. The topological polar surface area (TPSA) is 55.0 Å². The van der Waals surface area contributed by atoms with Gasteiger partial charge in [0.15, 0.2) is 5.82 Å². The summed E-state index contributed by atoms with van der Waals surface area (Å²) in [5, 5.41) is 1.14. The van der Waals surface area contributed by atoms with Crippen LogP contribution in [0.5, 0.6) is 0 Å². The SMILES string of the molecule is CC1SCCN(c2nc(N)ncc2Cl)C1C. The van der Waals surface area contributed by atoms with Crippen molar-refractivity contribution in [1.29, 1.82) is 0 Å². The first-order valence-electron chi connectivity index (χ1n) is 5.26. The van der Waals surface area contributed by atoms with Crippen LogP contribution in [0.15, 0.2) is 6.20 Å². The van der Waals surface area contributed by atoms with Gasteiger partial charge in [-0.25, -0.2) is 4.98 Å². The molecule has 1 aromatic heterocycles. The van der Waals surface area contributed by atoms with Crippen molar-refractivity contribution in [3.63, 3.8) is 0 Å². The normalized spacial score (nSPS) is 25.8. The van der Waals surface area contributed by atoms with Gasteiger partial charge in [-0.1, -0.05) is 18.5 Å². The van der Waals surface area contributed by atoms with E-state index in [1.165, 1.54) is 0 Å². The molecule has 0 saturated carbocycles. The van der Waals surface area contributed by atoms with Crippen molar-refractivity contribution < 1.29 is 0 Å². The Morgan fingerprint density at radius 3 is 3.06 bits per heavy atom. The first-order valence-corrected chi connectivity index (χ1v) is 6.68. The van der Waals surface area contributed by atoms with Crippen LogP contribution < -0.4 is 10.6 Å². The van der Waals surface area contributed by atoms with Crippen molar-refractivity contribution in [1.82, 2.24) is 9.97 Å². The molecule has 88 valence electrons. The highest BCUT2D eigenvalue weighted by molar-refractivity contribution is 8.00. The Morgan fingerprint density at radius 1 is 1.56 bits per heavy atom. The molecular weight excluding hydrogens is 244 g/mol. The lowest BCUT2D eigenvalue weighted by atomic mass is 10.2. The van der Waals surface area contributed by atoms with Crippen molar-refractivity contribution >= 4 is 35.1 Å². The second kappa shape index (κ2) is 4.67. The minimum Gasteiger partial charge on any atom is -0.368 e. The third-order valence-electron chi connectivity index (χ3n) is 2.90. The van der Waals surface area contributed by atoms with Crippen LogP contribution in [0.3, 0.4) is 0 Å². The van der Waals surface area contributed by atoms with Crippen molar-refractivity contribution in [2.75, 3.05) is 22.9 Å². The summed E-state index contributed by atoms with van der Waals surface area (Å²) < 4.78 is 0. The Balaban J connectivity index is 2.31. The van der Waals surface area contributed by atoms with Gasteiger partial charge < -0.3 is 10.6 Å². The monoisotopic (exact) mass is 258 g/mol. The third-order valence-corrected chi connectivity index (χ3v) is 4.50. The lowest BCUT2D eigenvalue weighted by Crippen LogP contribution is -2.45. The van der Waals surface area contributed by atoms with Crippen molar-refractivity contribution in [3.05, 3.63) is 11.2 Å². The van der Waals surface area contributed by atoms with E-state index in [0.29, 0.717) is 16.3 Å². The molecular formula is C10H15ClN4S. The van der Waals surface area contributed by atoms with E-state index in [1.807, 2.05) is 11.8 Å². The molecule has 1 saturated heterocycles. The summed E-state index contributed by atoms with van der Waals surface area (Å²) in [5.41, 5.74) is 5.60. The molecule has 1 aromatic rings. The predicted octanol–water partition coefficient (Wildman–Crippen LogP) is 2.04. The Kier molecular flexibility index (Phi) is 3.44.